The van der Waals surface area contributed by atoms with Crippen LogP contribution in [-0.4, -0.2) is 50.1 Å². The van der Waals surface area contributed by atoms with Crippen LogP contribution in [-0.2, 0) is 0 Å². The third-order valence-corrected chi connectivity index (χ3v) is 5.18. The number of nitrogens with zero attached hydrogens (tertiary/aromatic N) is 5. The summed E-state index contributed by atoms with van der Waals surface area (Å²) < 4.78 is 0. The molecule has 5 rings (SSSR count). The minimum Gasteiger partial charge on any atom is -0.333 e. The van der Waals surface area contributed by atoms with Crippen LogP contribution in [0.3, 0.4) is 0 Å². The Balaban J connectivity index is 1.25. The van der Waals surface area contributed by atoms with Gasteiger partial charge in [0.05, 0.1) is 6.04 Å². The first-order chi connectivity index (χ1) is 17.1. The zero-order valence-electron chi connectivity index (χ0n) is 19.0. The van der Waals surface area contributed by atoms with Gasteiger partial charge in [-0.3, -0.25) is 0 Å². The molecule has 1 aliphatic heterocycles. The summed E-state index contributed by atoms with van der Waals surface area (Å²) >= 11 is 0. The highest BCUT2D eigenvalue weighted by Gasteiger charge is 2.18. The average Bonchev–Trinajstić information content (AvgIpc) is 2.82. The Morgan fingerprint density at radius 2 is 1.66 bits per heavy atom. The Labute approximate surface area is 201 Å². The molecule has 0 bridgehead atoms. The fraction of sp³-hybridized carbons (Fsp3) is 0.167. The van der Waals surface area contributed by atoms with Crippen LogP contribution >= 0.6 is 0 Å². The van der Waals surface area contributed by atoms with Crippen LogP contribution in [0.5, 0.6) is 0 Å². The van der Waals surface area contributed by atoms with E-state index in [0.717, 1.165) is 24.5 Å². The molecular weight excluding hydrogens is 444 g/mol. The number of benzene rings is 1. The summed E-state index contributed by atoms with van der Waals surface area (Å²) in [5, 5.41) is 15.2. The van der Waals surface area contributed by atoms with Gasteiger partial charge in [0.15, 0.2) is 5.82 Å². The summed E-state index contributed by atoms with van der Waals surface area (Å²) in [5.74, 6) is 2.06. The highest BCUT2D eigenvalue weighted by molar-refractivity contribution is 5.90. The molecule has 3 aromatic heterocycles. The number of nitrogens with one attached hydrogen (secondary N) is 5. The summed E-state index contributed by atoms with van der Waals surface area (Å²) in [6, 6.07) is 16.5. The summed E-state index contributed by atoms with van der Waals surface area (Å²) in [7, 11) is 0. The summed E-state index contributed by atoms with van der Waals surface area (Å²) in [6.45, 7) is 3.50. The maximum Gasteiger partial charge on any atom is 0.319 e. The van der Waals surface area contributed by atoms with Crippen LogP contribution in [0, 0.1) is 6.92 Å². The molecule has 35 heavy (non-hydrogen) atoms. The monoisotopic (exact) mass is 468 g/mol. The number of carbonyl (C=O) groups excluding carboxylic acids is 1. The molecule has 0 unspecified atom stereocenters. The molecule has 11 heteroatoms. The van der Waals surface area contributed by atoms with E-state index in [4.69, 9.17) is 0 Å². The Hall–Kier alpha value is -4.64. The van der Waals surface area contributed by atoms with Crippen LogP contribution in [0.2, 0.25) is 0 Å². The van der Waals surface area contributed by atoms with Crippen molar-refractivity contribution in [2.24, 2.45) is 0 Å². The first-order valence-corrected chi connectivity index (χ1v) is 11.1. The van der Waals surface area contributed by atoms with E-state index in [2.05, 4.69) is 51.5 Å². The third-order valence-electron chi connectivity index (χ3n) is 5.18. The van der Waals surface area contributed by atoms with Crippen molar-refractivity contribution >= 4 is 35.0 Å². The van der Waals surface area contributed by atoms with Crippen LogP contribution in [0.4, 0.5) is 33.8 Å². The van der Waals surface area contributed by atoms with E-state index in [1.807, 2.05) is 49.4 Å². The molecule has 0 radical (unpaired) electrons. The second-order valence-corrected chi connectivity index (χ2v) is 7.98. The molecule has 1 fully saturated rings. The van der Waals surface area contributed by atoms with Crippen LogP contribution in [0.1, 0.15) is 5.69 Å². The number of aromatic nitrogens is 5. The van der Waals surface area contributed by atoms with Crippen molar-refractivity contribution in [2.75, 3.05) is 29.0 Å². The van der Waals surface area contributed by atoms with Crippen molar-refractivity contribution in [1.29, 1.82) is 0 Å². The van der Waals surface area contributed by atoms with Crippen molar-refractivity contribution < 1.29 is 4.79 Å². The molecule has 0 saturated carbocycles. The van der Waals surface area contributed by atoms with E-state index in [1.54, 1.807) is 24.5 Å². The fourth-order valence-corrected chi connectivity index (χ4v) is 3.39. The molecule has 0 spiro atoms. The number of pyridine rings is 1. The number of hydrogen-bond acceptors (Lipinski definition) is 9. The Bertz CT molecular complexity index is 1340. The van der Waals surface area contributed by atoms with Gasteiger partial charge >= 0.3 is 6.03 Å². The molecule has 0 aliphatic carbocycles. The summed E-state index contributed by atoms with van der Waals surface area (Å²) in [5.41, 5.74) is 2.99. The van der Waals surface area contributed by atoms with Crippen molar-refractivity contribution in [2.45, 2.75) is 13.0 Å². The average molecular weight is 469 g/mol. The van der Waals surface area contributed by atoms with Gasteiger partial charge in [-0.25, -0.2) is 24.7 Å². The molecular formula is C24H24N10O. The van der Waals surface area contributed by atoms with E-state index in [-0.39, 0.29) is 12.1 Å². The smallest absolute Gasteiger partial charge is 0.319 e. The van der Waals surface area contributed by atoms with E-state index >= 15 is 0 Å². The number of anilines is 5. The number of aryl methyl sites for hydroxylation is 1. The molecule has 1 aliphatic rings. The first-order valence-electron chi connectivity index (χ1n) is 11.1. The number of urea groups is 1. The molecule has 4 heterocycles. The Morgan fingerprint density at radius 1 is 0.886 bits per heavy atom. The molecule has 11 nitrogen and oxygen atoms in total. The summed E-state index contributed by atoms with van der Waals surface area (Å²) in [6.07, 6.45) is 3.31. The quantitative estimate of drug-likeness (QED) is 0.276. The fourth-order valence-electron chi connectivity index (χ4n) is 3.39. The number of amides is 2. The predicted molar refractivity (Wildman–Crippen MR) is 134 cm³/mol. The molecule has 2 amide bonds. The predicted octanol–water partition coefficient (Wildman–Crippen LogP) is 3.22. The molecule has 0 atom stereocenters. The van der Waals surface area contributed by atoms with Gasteiger partial charge in [-0.15, -0.1) is 0 Å². The molecule has 5 N–H and O–H groups in total. The van der Waals surface area contributed by atoms with Gasteiger partial charge in [0, 0.05) is 42.6 Å². The Morgan fingerprint density at radius 3 is 2.46 bits per heavy atom. The van der Waals surface area contributed by atoms with Crippen molar-refractivity contribution in [3.63, 3.8) is 0 Å². The van der Waals surface area contributed by atoms with Gasteiger partial charge in [-0.2, -0.15) is 4.98 Å². The minimum absolute atomic E-state index is 0.166. The zero-order valence-corrected chi connectivity index (χ0v) is 19.0. The van der Waals surface area contributed by atoms with Gasteiger partial charge in [0.25, 0.3) is 0 Å². The molecule has 1 saturated heterocycles. The van der Waals surface area contributed by atoms with Gasteiger partial charge < -0.3 is 26.6 Å². The topological polar surface area (TPSA) is 142 Å². The highest BCUT2D eigenvalue weighted by Crippen LogP contribution is 2.21. The van der Waals surface area contributed by atoms with Crippen LogP contribution in [0.25, 0.3) is 11.5 Å². The molecule has 4 aromatic rings. The van der Waals surface area contributed by atoms with E-state index in [9.17, 15) is 4.79 Å². The van der Waals surface area contributed by atoms with Gasteiger partial charge in [-0.1, -0.05) is 12.1 Å². The number of rotatable bonds is 7. The SMILES string of the molecule is Cc1cccc(-c2nccc(Nc3ccnc(Nc4cccc(NC(=O)NC5CNC5)c4)n3)n2)n1. The third kappa shape index (κ3) is 5.84. The lowest BCUT2D eigenvalue weighted by Gasteiger charge is -2.27. The number of carbonyl (C=O) groups is 1. The zero-order chi connectivity index (χ0) is 24.0. The largest absolute Gasteiger partial charge is 0.333 e. The lowest BCUT2D eigenvalue weighted by molar-refractivity contribution is 0.243. The van der Waals surface area contributed by atoms with Gasteiger partial charge in [-0.05, 0) is 49.4 Å². The van der Waals surface area contributed by atoms with E-state index in [0.29, 0.717) is 34.8 Å². The lowest BCUT2D eigenvalue weighted by Crippen LogP contribution is -2.57. The van der Waals surface area contributed by atoms with Gasteiger partial charge in [0.2, 0.25) is 5.95 Å². The molecule has 1 aromatic carbocycles. The summed E-state index contributed by atoms with van der Waals surface area (Å²) in [4.78, 5) is 34.3. The van der Waals surface area contributed by atoms with E-state index in [1.165, 1.54) is 0 Å². The highest BCUT2D eigenvalue weighted by atomic mass is 16.2. The van der Waals surface area contributed by atoms with Crippen LogP contribution < -0.4 is 26.6 Å². The lowest BCUT2D eigenvalue weighted by atomic mass is 10.2. The standard InChI is InChI=1S/C24H24N10O/c1-15-4-2-7-19(28-15)22-26-10-8-20(33-22)32-21-9-11-27-23(34-21)29-16-5-3-6-17(12-16)30-24(35)31-18-13-25-14-18/h2-12,18,25H,13-14H2,1H3,(H2,30,31,35)(H2,26,27,29,32,33,34). The van der Waals surface area contributed by atoms with Crippen molar-refractivity contribution in [3.8, 4) is 11.5 Å². The molecule has 176 valence electrons. The second kappa shape index (κ2) is 10.1. The van der Waals surface area contributed by atoms with Gasteiger partial charge in [0.1, 0.15) is 17.3 Å². The van der Waals surface area contributed by atoms with E-state index < -0.39 is 0 Å². The second-order valence-electron chi connectivity index (χ2n) is 7.98. The minimum atomic E-state index is -0.235. The normalized spacial score (nSPS) is 12.9. The van der Waals surface area contributed by atoms with Crippen LogP contribution in [0.15, 0.2) is 67.0 Å². The maximum atomic E-state index is 12.1. The number of hydrogen-bond donors (Lipinski definition) is 5. The maximum absolute atomic E-state index is 12.1. The Kier molecular flexibility index (Phi) is 6.39. The first kappa shape index (κ1) is 22.2. The van der Waals surface area contributed by atoms with Crippen molar-refractivity contribution in [1.82, 2.24) is 35.6 Å². The van der Waals surface area contributed by atoms with Crippen molar-refractivity contribution in [3.05, 3.63) is 72.7 Å².